The summed E-state index contributed by atoms with van der Waals surface area (Å²) in [5.74, 6) is -0.872. The number of carboxylic acid groups (broad SMARTS) is 1. The number of aromatic nitrogens is 1. The standard InChI is InChI=1S/C11H12N2O2S2/c1-7-3-13-10(17-7)5-12-4-9-2-8(6-16-9)11(14)15/h2-3,6,12H,4-5H2,1H3,(H,14,15). The fraction of sp³-hybridized carbons (Fsp3) is 0.273. The molecule has 2 heterocycles. The van der Waals surface area contributed by atoms with Gasteiger partial charge in [0, 0.05) is 34.4 Å². The van der Waals surface area contributed by atoms with Crippen LogP contribution in [0.2, 0.25) is 0 Å². The monoisotopic (exact) mass is 268 g/mol. The Kier molecular flexibility index (Phi) is 3.88. The number of rotatable bonds is 5. The number of hydrogen-bond donors (Lipinski definition) is 2. The van der Waals surface area contributed by atoms with Gasteiger partial charge in [-0.1, -0.05) is 0 Å². The molecule has 0 unspecified atom stereocenters. The lowest BCUT2D eigenvalue weighted by atomic mass is 10.3. The molecule has 90 valence electrons. The molecular weight excluding hydrogens is 256 g/mol. The first-order valence-electron chi connectivity index (χ1n) is 5.08. The summed E-state index contributed by atoms with van der Waals surface area (Å²) in [7, 11) is 0. The van der Waals surface area contributed by atoms with Gasteiger partial charge in [0.25, 0.3) is 0 Å². The third-order valence-corrected chi connectivity index (χ3v) is 3.99. The van der Waals surface area contributed by atoms with E-state index in [0.717, 1.165) is 16.4 Å². The summed E-state index contributed by atoms with van der Waals surface area (Å²) in [4.78, 5) is 17.2. The van der Waals surface area contributed by atoms with Crippen molar-refractivity contribution >= 4 is 28.6 Å². The van der Waals surface area contributed by atoms with Crippen LogP contribution in [-0.2, 0) is 13.1 Å². The van der Waals surface area contributed by atoms with Gasteiger partial charge in [-0.05, 0) is 13.0 Å². The fourth-order valence-corrected chi connectivity index (χ4v) is 2.95. The van der Waals surface area contributed by atoms with E-state index in [-0.39, 0.29) is 0 Å². The summed E-state index contributed by atoms with van der Waals surface area (Å²) in [5.41, 5.74) is 0.358. The van der Waals surface area contributed by atoms with Crippen LogP contribution < -0.4 is 5.32 Å². The van der Waals surface area contributed by atoms with Gasteiger partial charge in [-0.15, -0.1) is 22.7 Å². The number of thiazole rings is 1. The molecule has 17 heavy (non-hydrogen) atoms. The molecule has 6 heteroatoms. The largest absolute Gasteiger partial charge is 0.478 e. The lowest BCUT2D eigenvalue weighted by Crippen LogP contribution is -2.11. The van der Waals surface area contributed by atoms with Crippen LogP contribution in [0, 0.1) is 6.92 Å². The van der Waals surface area contributed by atoms with Crippen molar-refractivity contribution in [1.29, 1.82) is 0 Å². The molecule has 0 radical (unpaired) electrons. The average molecular weight is 268 g/mol. The number of carbonyl (C=O) groups is 1. The van der Waals surface area contributed by atoms with Gasteiger partial charge in [-0.25, -0.2) is 9.78 Å². The lowest BCUT2D eigenvalue weighted by molar-refractivity contribution is 0.0697. The highest BCUT2D eigenvalue weighted by atomic mass is 32.1. The molecule has 0 aliphatic carbocycles. The van der Waals surface area contributed by atoms with E-state index in [0.29, 0.717) is 12.1 Å². The summed E-state index contributed by atoms with van der Waals surface area (Å²) in [6.45, 7) is 3.43. The van der Waals surface area contributed by atoms with E-state index in [1.807, 2.05) is 13.1 Å². The van der Waals surface area contributed by atoms with Crippen molar-refractivity contribution in [3.63, 3.8) is 0 Å². The molecule has 2 aromatic rings. The molecule has 0 aliphatic rings. The zero-order valence-electron chi connectivity index (χ0n) is 9.27. The summed E-state index contributed by atoms with van der Waals surface area (Å²) < 4.78 is 0. The quantitative estimate of drug-likeness (QED) is 0.874. The zero-order chi connectivity index (χ0) is 12.3. The molecule has 0 aliphatic heterocycles. The van der Waals surface area contributed by atoms with Crippen LogP contribution in [0.4, 0.5) is 0 Å². The van der Waals surface area contributed by atoms with Crippen LogP contribution in [0.3, 0.4) is 0 Å². The maximum atomic E-state index is 10.7. The van der Waals surface area contributed by atoms with Gasteiger partial charge in [0.1, 0.15) is 5.01 Å². The van der Waals surface area contributed by atoms with Crippen molar-refractivity contribution in [3.8, 4) is 0 Å². The number of aryl methyl sites for hydroxylation is 1. The van der Waals surface area contributed by atoms with Crippen molar-refractivity contribution < 1.29 is 9.90 Å². The number of nitrogens with one attached hydrogen (secondary N) is 1. The molecule has 0 amide bonds. The highest BCUT2D eigenvalue weighted by Crippen LogP contribution is 2.15. The molecule has 2 rings (SSSR count). The smallest absolute Gasteiger partial charge is 0.336 e. The third-order valence-electron chi connectivity index (χ3n) is 2.15. The molecule has 0 saturated carbocycles. The van der Waals surface area contributed by atoms with Gasteiger partial charge in [0.2, 0.25) is 0 Å². The van der Waals surface area contributed by atoms with Gasteiger partial charge in [0.05, 0.1) is 5.56 Å². The summed E-state index contributed by atoms with van der Waals surface area (Å²) in [5, 5.41) is 14.7. The first-order valence-corrected chi connectivity index (χ1v) is 6.77. The van der Waals surface area contributed by atoms with E-state index in [1.54, 1.807) is 22.8 Å². The Bertz CT molecular complexity index is 519. The number of nitrogens with zero attached hydrogens (tertiary/aromatic N) is 1. The van der Waals surface area contributed by atoms with Crippen molar-refractivity contribution in [2.45, 2.75) is 20.0 Å². The summed E-state index contributed by atoms with van der Waals surface area (Å²) >= 11 is 3.13. The second-order valence-corrected chi connectivity index (χ2v) is 5.89. The second kappa shape index (κ2) is 5.39. The third kappa shape index (κ3) is 3.36. The Balaban J connectivity index is 1.83. The highest BCUT2D eigenvalue weighted by molar-refractivity contribution is 7.11. The van der Waals surface area contributed by atoms with Gasteiger partial charge in [-0.3, -0.25) is 0 Å². The van der Waals surface area contributed by atoms with Crippen molar-refractivity contribution in [3.05, 3.63) is 38.0 Å². The van der Waals surface area contributed by atoms with E-state index < -0.39 is 5.97 Å². The molecule has 0 atom stereocenters. The Labute approximate surface area is 107 Å². The molecule has 0 bridgehead atoms. The lowest BCUT2D eigenvalue weighted by Gasteiger charge is -1.98. The van der Waals surface area contributed by atoms with Crippen LogP contribution in [0.25, 0.3) is 0 Å². The number of thiophene rings is 1. The first kappa shape index (κ1) is 12.2. The van der Waals surface area contributed by atoms with Crippen LogP contribution >= 0.6 is 22.7 Å². The Hall–Kier alpha value is -1.24. The number of aromatic carboxylic acids is 1. The fourth-order valence-electron chi connectivity index (χ4n) is 1.36. The molecule has 2 N–H and O–H groups in total. The second-order valence-electron chi connectivity index (χ2n) is 3.58. The van der Waals surface area contributed by atoms with Crippen molar-refractivity contribution in [2.75, 3.05) is 0 Å². The van der Waals surface area contributed by atoms with Gasteiger partial charge in [0.15, 0.2) is 0 Å². The predicted molar refractivity (Wildman–Crippen MR) is 68.7 cm³/mol. The van der Waals surface area contributed by atoms with Gasteiger partial charge in [-0.2, -0.15) is 0 Å². The normalized spacial score (nSPS) is 10.6. The highest BCUT2D eigenvalue weighted by Gasteiger charge is 2.06. The van der Waals surface area contributed by atoms with Crippen LogP contribution in [0.5, 0.6) is 0 Å². The van der Waals surface area contributed by atoms with E-state index in [2.05, 4.69) is 10.3 Å². The molecule has 2 aromatic heterocycles. The zero-order valence-corrected chi connectivity index (χ0v) is 10.9. The molecule has 0 aromatic carbocycles. The average Bonchev–Trinajstić information content (AvgIpc) is 2.88. The molecule has 0 fully saturated rings. The minimum Gasteiger partial charge on any atom is -0.478 e. The number of carboxylic acids is 1. The minimum atomic E-state index is -0.872. The Morgan fingerprint density at radius 2 is 2.35 bits per heavy atom. The molecular formula is C11H12N2O2S2. The molecule has 0 spiro atoms. The molecule has 0 saturated heterocycles. The van der Waals surface area contributed by atoms with E-state index in [1.165, 1.54) is 16.2 Å². The van der Waals surface area contributed by atoms with E-state index in [9.17, 15) is 4.79 Å². The Morgan fingerprint density at radius 3 is 2.94 bits per heavy atom. The Morgan fingerprint density at radius 1 is 1.53 bits per heavy atom. The maximum Gasteiger partial charge on any atom is 0.336 e. The SMILES string of the molecule is Cc1cnc(CNCc2cc(C(=O)O)cs2)s1. The van der Waals surface area contributed by atoms with Gasteiger partial charge < -0.3 is 10.4 Å². The summed E-state index contributed by atoms with van der Waals surface area (Å²) in [6, 6.07) is 1.70. The van der Waals surface area contributed by atoms with Crippen LogP contribution in [0.15, 0.2) is 17.6 Å². The summed E-state index contributed by atoms with van der Waals surface area (Å²) in [6.07, 6.45) is 1.86. The number of hydrogen-bond acceptors (Lipinski definition) is 5. The van der Waals surface area contributed by atoms with Crippen LogP contribution in [0.1, 0.15) is 25.1 Å². The maximum absolute atomic E-state index is 10.7. The first-order chi connectivity index (χ1) is 8.15. The minimum absolute atomic E-state index is 0.358. The van der Waals surface area contributed by atoms with E-state index >= 15 is 0 Å². The van der Waals surface area contributed by atoms with Crippen LogP contribution in [-0.4, -0.2) is 16.1 Å². The topological polar surface area (TPSA) is 62.2 Å². The van der Waals surface area contributed by atoms with Crippen molar-refractivity contribution in [2.24, 2.45) is 0 Å². The van der Waals surface area contributed by atoms with Gasteiger partial charge >= 0.3 is 5.97 Å². The van der Waals surface area contributed by atoms with E-state index in [4.69, 9.17) is 5.11 Å². The van der Waals surface area contributed by atoms with Crippen molar-refractivity contribution in [1.82, 2.24) is 10.3 Å². The molecule has 4 nitrogen and oxygen atoms in total. The predicted octanol–water partition coefficient (Wildman–Crippen LogP) is 2.50.